The Morgan fingerprint density at radius 3 is 1.79 bits per heavy atom. The molecule has 0 saturated carbocycles. The van der Waals surface area contributed by atoms with Gasteiger partial charge in [0.15, 0.2) is 0 Å². The van der Waals surface area contributed by atoms with Crippen LogP contribution in [-0.4, -0.2) is 44.4 Å². The Labute approximate surface area is 94.9 Å². The fourth-order valence-corrected chi connectivity index (χ4v) is 1.92. The van der Waals surface area contributed by atoms with Crippen LogP contribution >= 0.6 is 12.6 Å². The van der Waals surface area contributed by atoms with Gasteiger partial charge < -0.3 is 10.2 Å². The second-order valence-corrected chi connectivity index (χ2v) is 3.91. The van der Waals surface area contributed by atoms with Gasteiger partial charge in [-0.3, -0.25) is 0 Å². The van der Waals surface area contributed by atoms with E-state index >= 15 is 0 Å². The van der Waals surface area contributed by atoms with Crippen molar-refractivity contribution in [1.82, 2.24) is 10.2 Å². The van der Waals surface area contributed by atoms with Crippen LogP contribution in [0, 0.1) is 5.41 Å². The second kappa shape index (κ2) is 7.55. The van der Waals surface area contributed by atoms with Gasteiger partial charge in [0.1, 0.15) is 0 Å². The molecule has 2 fully saturated rings. The van der Waals surface area contributed by atoms with E-state index in [9.17, 15) is 0 Å². The molecule has 0 atom stereocenters. The van der Waals surface area contributed by atoms with Crippen molar-refractivity contribution in [2.24, 2.45) is 5.41 Å². The number of likely N-dealkylation sites (tertiary alicyclic amines) is 1. The van der Waals surface area contributed by atoms with Crippen LogP contribution in [0.15, 0.2) is 0 Å². The van der Waals surface area contributed by atoms with Crippen LogP contribution in [0.1, 0.15) is 26.7 Å². The van der Waals surface area contributed by atoms with E-state index in [2.05, 4.69) is 29.9 Å². The van der Waals surface area contributed by atoms with Gasteiger partial charge in [-0.05, 0) is 44.6 Å². The molecule has 86 valence electrons. The molecule has 2 saturated heterocycles. The highest BCUT2D eigenvalue weighted by atomic mass is 32.1. The molecule has 2 rings (SSSR count). The predicted octanol–water partition coefficient (Wildman–Crippen LogP) is 1.87. The van der Waals surface area contributed by atoms with Crippen LogP contribution < -0.4 is 5.32 Å². The summed E-state index contributed by atoms with van der Waals surface area (Å²) in [6.07, 6.45) is 4.52. The second-order valence-electron chi connectivity index (χ2n) is 3.91. The molecular formula is C11H26N2S. The normalized spacial score (nSPS) is 23.8. The molecule has 0 radical (unpaired) electrons. The van der Waals surface area contributed by atoms with Gasteiger partial charge in [0, 0.05) is 13.1 Å². The predicted molar refractivity (Wildman–Crippen MR) is 68.3 cm³/mol. The highest BCUT2D eigenvalue weighted by molar-refractivity contribution is 7.79. The molecule has 1 spiro atoms. The first-order valence-electron chi connectivity index (χ1n) is 5.65. The fourth-order valence-electron chi connectivity index (χ4n) is 1.92. The lowest BCUT2D eigenvalue weighted by Crippen LogP contribution is -2.57. The smallest absolute Gasteiger partial charge is 0.00212 e. The molecule has 0 amide bonds. The highest BCUT2D eigenvalue weighted by Gasteiger charge is 2.38. The average Bonchev–Trinajstić information content (AvgIpc) is 2.23. The molecule has 0 unspecified atom stereocenters. The minimum absolute atomic E-state index is 0.729. The zero-order valence-electron chi connectivity index (χ0n) is 10.1. The van der Waals surface area contributed by atoms with Gasteiger partial charge in [-0.1, -0.05) is 13.8 Å². The van der Waals surface area contributed by atoms with E-state index in [0.717, 1.165) is 5.41 Å². The molecular weight excluding hydrogens is 192 g/mol. The molecule has 0 aliphatic carbocycles. The van der Waals surface area contributed by atoms with Crippen LogP contribution in [0.5, 0.6) is 0 Å². The number of thiol groups is 1. The number of piperidine rings is 1. The lowest BCUT2D eigenvalue weighted by atomic mass is 9.74. The summed E-state index contributed by atoms with van der Waals surface area (Å²) in [6.45, 7) is 9.17. The Morgan fingerprint density at radius 2 is 1.50 bits per heavy atom. The van der Waals surface area contributed by atoms with Crippen molar-refractivity contribution in [3.8, 4) is 0 Å². The van der Waals surface area contributed by atoms with Crippen LogP contribution in [0.3, 0.4) is 0 Å². The first-order valence-corrected chi connectivity index (χ1v) is 6.54. The summed E-state index contributed by atoms with van der Waals surface area (Å²) in [5.41, 5.74) is 0.729. The molecule has 2 nitrogen and oxygen atoms in total. The molecule has 3 heteroatoms. The Morgan fingerprint density at radius 1 is 1.07 bits per heavy atom. The average molecular weight is 218 g/mol. The quantitative estimate of drug-likeness (QED) is 0.604. The van der Waals surface area contributed by atoms with E-state index in [1.54, 1.807) is 6.26 Å². The van der Waals surface area contributed by atoms with E-state index in [4.69, 9.17) is 0 Å². The van der Waals surface area contributed by atoms with Crippen molar-refractivity contribution in [2.45, 2.75) is 26.7 Å². The van der Waals surface area contributed by atoms with Crippen LogP contribution in [0.4, 0.5) is 0 Å². The summed E-state index contributed by atoms with van der Waals surface area (Å²) in [4.78, 5) is 2.43. The molecule has 1 N–H and O–H groups in total. The Hall–Kier alpha value is 0.270. The standard InChI is InChI=1S/C8H16N2.C2H6.CH4S/c1-10-4-2-8(3-5-10)6-9-7-8;2*1-2/h9H,2-7H2,1H3;1-2H3;2H,1H3. The summed E-state index contributed by atoms with van der Waals surface area (Å²) in [7, 11) is 2.22. The third-order valence-corrected chi connectivity index (χ3v) is 3.05. The Kier molecular flexibility index (Phi) is 7.69. The van der Waals surface area contributed by atoms with Crippen molar-refractivity contribution in [3.63, 3.8) is 0 Å². The van der Waals surface area contributed by atoms with E-state index in [1.807, 2.05) is 13.8 Å². The zero-order chi connectivity index (χ0) is 11.0. The summed E-state index contributed by atoms with van der Waals surface area (Å²) < 4.78 is 0. The van der Waals surface area contributed by atoms with E-state index in [-0.39, 0.29) is 0 Å². The van der Waals surface area contributed by atoms with E-state index < -0.39 is 0 Å². The van der Waals surface area contributed by atoms with Gasteiger partial charge in [-0.2, -0.15) is 12.6 Å². The lowest BCUT2D eigenvalue weighted by Gasteiger charge is -2.47. The molecule has 2 aliphatic rings. The van der Waals surface area contributed by atoms with Gasteiger partial charge in [0.25, 0.3) is 0 Å². The molecule has 0 aromatic heterocycles. The summed E-state index contributed by atoms with van der Waals surface area (Å²) in [5, 5.41) is 3.37. The molecule has 2 aliphatic heterocycles. The van der Waals surface area contributed by atoms with Crippen LogP contribution in [0.25, 0.3) is 0 Å². The Balaban J connectivity index is 0.000000379. The maximum atomic E-state index is 3.53. The SMILES string of the molecule is CC.CN1CCC2(CC1)CNC2.CS. The maximum Gasteiger partial charge on any atom is 0.00212 e. The van der Waals surface area contributed by atoms with Crippen LogP contribution in [-0.2, 0) is 0 Å². The number of hydrogen-bond donors (Lipinski definition) is 2. The number of hydrogen-bond acceptors (Lipinski definition) is 3. The molecule has 0 aromatic carbocycles. The van der Waals surface area contributed by atoms with Gasteiger partial charge in [-0.15, -0.1) is 0 Å². The third-order valence-electron chi connectivity index (χ3n) is 3.05. The molecule has 0 bridgehead atoms. The summed E-state index contributed by atoms with van der Waals surface area (Å²) in [5.74, 6) is 0. The highest BCUT2D eigenvalue weighted by Crippen LogP contribution is 2.34. The lowest BCUT2D eigenvalue weighted by molar-refractivity contribution is 0.0671. The zero-order valence-corrected chi connectivity index (χ0v) is 11.0. The summed E-state index contributed by atoms with van der Waals surface area (Å²) >= 11 is 3.53. The molecule has 14 heavy (non-hydrogen) atoms. The topological polar surface area (TPSA) is 15.3 Å². The van der Waals surface area contributed by atoms with Gasteiger partial charge in [0.2, 0.25) is 0 Å². The van der Waals surface area contributed by atoms with Crippen molar-refractivity contribution in [2.75, 3.05) is 39.5 Å². The fraction of sp³-hybridized carbons (Fsp3) is 1.00. The van der Waals surface area contributed by atoms with Crippen molar-refractivity contribution in [1.29, 1.82) is 0 Å². The van der Waals surface area contributed by atoms with Crippen LogP contribution in [0.2, 0.25) is 0 Å². The maximum absolute atomic E-state index is 3.53. The first-order chi connectivity index (χ1) is 6.81. The van der Waals surface area contributed by atoms with Crippen molar-refractivity contribution in [3.05, 3.63) is 0 Å². The van der Waals surface area contributed by atoms with E-state index in [1.165, 1.54) is 39.0 Å². The minimum atomic E-state index is 0.729. The Bertz CT molecular complexity index is 125. The number of nitrogens with one attached hydrogen (secondary N) is 1. The van der Waals surface area contributed by atoms with E-state index in [0.29, 0.717) is 0 Å². The van der Waals surface area contributed by atoms with Gasteiger partial charge in [0.05, 0.1) is 0 Å². The first kappa shape index (κ1) is 14.3. The van der Waals surface area contributed by atoms with Gasteiger partial charge >= 0.3 is 0 Å². The number of rotatable bonds is 0. The minimum Gasteiger partial charge on any atom is -0.316 e. The molecule has 2 heterocycles. The summed E-state index contributed by atoms with van der Waals surface area (Å²) in [6, 6.07) is 0. The van der Waals surface area contributed by atoms with Crippen molar-refractivity contribution >= 4 is 12.6 Å². The van der Waals surface area contributed by atoms with Crippen molar-refractivity contribution < 1.29 is 0 Å². The number of nitrogens with zero attached hydrogens (tertiary/aromatic N) is 1. The molecule has 0 aromatic rings. The monoisotopic (exact) mass is 218 g/mol. The largest absolute Gasteiger partial charge is 0.316 e. The third kappa shape index (κ3) is 3.79. The van der Waals surface area contributed by atoms with Gasteiger partial charge in [-0.25, -0.2) is 0 Å².